The third-order valence-electron chi connectivity index (χ3n) is 2.98. The van der Waals surface area contributed by atoms with E-state index in [4.69, 9.17) is 4.74 Å². The van der Waals surface area contributed by atoms with Crippen molar-refractivity contribution in [1.29, 1.82) is 0 Å². The lowest BCUT2D eigenvalue weighted by Crippen LogP contribution is -2.14. The van der Waals surface area contributed by atoms with Gasteiger partial charge >= 0.3 is 0 Å². The molecule has 1 N–H and O–H groups in total. The first kappa shape index (κ1) is 15.0. The molecule has 0 spiro atoms. The molecule has 0 saturated heterocycles. The molecule has 0 bridgehead atoms. The van der Waals surface area contributed by atoms with Gasteiger partial charge in [0, 0.05) is 0 Å². The van der Waals surface area contributed by atoms with E-state index in [-0.39, 0.29) is 0 Å². The largest absolute Gasteiger partial charge is 0.494 e. The molecule has 1 aromatic carbocycles. The maximum atomic E-state index is 5.73. The average molecular weight is 249 g/mol. The van der Waals surface area contributed by atoms with Crippen LogP contribution in [0.5, 0.6) is 5.75 Å². The van der Waals surface area contributed by atoms with E-state index in [9.17, 15) is 0 Å². The van der Waals surface area contributed by atoms with E-state index in [2.05, 4.69) is 43.4 Å². The van der Waals surface area contributed by atoms with Crippen molar-refractivity contribution < 1.29 is 4.74 Å². The molecule has 0 fully saturated rings. The highest BCUT2D eigenvalue weighted by Crippen LogP contribution is 2.13. The van der Waals surface area contributed by atoms with Crippen molar-refractivity contribution in [3.63, 3.8) is 0 Å². The molecule has 0 unspecified atom stereocenters. The Morgan fingerprint density at radius 1 is 1.00 bits per heavy atom. The first-order chi connectivity index (χ1) is 8.86. The van der Waals surface area contributed by atoms with Gasteiger partial charge in [-0.25, -0.2) is 0 Å². The van der Waals surface area contributed by atoms with Crippen molar-refractivity contribution >= 4 is 0 Å². The lowest BCUT2D eigenvalue weighted by molar-refractivity contribution is 0.305. The third kappa shape index (κ3) is 6.65. The van der Waals surface area contributed by atoms with Crippen LogP contribution in [0.2, 0.25) is 0 Å². The van der Waals surface area contributed by atoms with E-state index in [1.807, 2.05) is 0 Å². The monoisotopic (exact) mass is 249 g/mol. The highest BCUT2D eigenvalue weighted by molar-refractivity contribution is 5.27. The Balaban J connectivity index is 2.08. The Hall–Kier alpha value is -1.02. The summed E-state index contributed by atoms with van der Waals surface area (Å²) in [6, 6.07) is 8.52. The van der Waals surface area contributed by atoms with Crippen LogP contribution in [0, 0.1) is 0 Å². The lowest BCUT2D eigenvalue weighted by Gasteiger charge is -2.07. The van der Waals surface area contributed by atoms with Crippen molar-refractivity contribution in [1.82, 2.24) is 5.32 Å². The van der Waals surface area contributed by atoms with Gasteiger partial charge in [0.15, 0.2) is 0 Å². The van der Waals surface area contributed by atoms with Crippen LogP contribution < -0.4 is 10.1 Å². The number of hydrogen-bond donors (Lipinski definition) is 1. The molecule has 1 rings (SSSR count). The average Bonchev–Trinajstić information content (AvgIpc) is 2.40. The van der Waals surface area contributed by atoms with Crippen LogP contribution in [0.25, 0.3) is 0 Å². The van der Waals surface area contributed by atoms with Gasteiger partial charge in [-0.3, -0.25) is 0 Å². The zero-order chi connectivity index (χ0) is 13.1. The molecule has 2 nitrogen and oxygen atoms in total. The highest BCUT2D eigenvalue weighted by Gasteiger charge is 1.95. The molecule has 1 aromatic rings. The Morgan fingerprint density at radius 2 is 1.78 bits per heavy atom. The quantitative estimate of drug-likeness (QED) is 0.637. The first-order valence-electron chi connectivity index (χ1n) is 7.29. The van der Waals surface area contributed by atoms with Gasteiger partial charge in [-0.1, -0.05) is 32.4 Å². The smallest absolute Gasteiger partial charge is 0.119 e. The standard InChI is InChI=1S/C16H27NO/c1-3-8-15-9-11-16(12-10-15)18-14-7-5-6-13-17-4-2/h9-12,17H,3-8,13-14H2,1-2H3. The Labute approximate surface area is 112 Å². The molecule has 18 heavy (non-hydrogen) atoms. The number of nitrogens with one attached hydrogen (secondary N) is 1. The molecule has 0 amide bonds. The van der Waals surface area contributed by atoms with Crippen molar-refractivity contribution in [3.8, 4) is 5.75 Å². The Bertz CT molecular complexity index is 294. The van der Waals surface area contributed by atoms with Crippen molar-refractivity contribution in [2.45, 2.75) is 46.0 Å². The summed E-state index contributed by atoms with van der Waals surface area (Å²) in [5.41, 5.74) is 1.40. The van der Waals surface area contributed by atoms with Gasteiger partial charge < -0.3 is 10.1 Å². The topological polar surface area (TPSA) is 21.3 Å². The molecule has 2 heteroatoms. The Morgan fingerprint density at radius 3 is 2.44 bits per heavy atom. The van der Waals surface area contributed by atoms with Gasteiger partial charge in [0.1, 0.15) is 5.75 Å². The van der Waals surface area contributed by atoms with Gasteiger partial charge in [-0.15, -0.1) is 0 Å². The third-order valence-corrected chi connectivity index (χ3v) is 2.98. The van der Waals surface area contributed by atoms with E-state index in [1.165, 1.54) is 24.8 Å². The molecule has 0 aliphatic rings. The summed E-state index contributed by atoms with van der Waals surface area (Å²) in [5.74, 6) is 1.00. The second-order valence-electron chi connectivity index (χ2n) is 4.66. The number of rotatable bonds is 10. The van der Waals surface area contributed by atoms with Crippen molar-refractivity contribution in [2.24, 2.45) is 0 Å². The van der Waals surface area contributed by atoms with Gasteiger partial charge in [-0.2, -0.15) is 0 Å². The second-order valence-corrected chi connectivity index (χ2v) is 4.66. The summed E-state index contributed by atoms with van der Waals surface area (Å²) in [7, 11) is 0. The number of aryl methyl sites for hydroxylation is 1. The minimum absolute atomic E-state index is 0.833. The summed E-state index contributed by atoms with van der Waals surface area (Å²) in [6.45, 7) is 7.38. The molecule has 0 atom stereocenters. The van der Waals surface area contributed by atoms with Crippen molar-refractivity contribution in [2.75, 3.05) is 19.7 Å². The molecule has 0 saturated carbocycles. The van der Waals surface area contributed by atoms with E-state index < -0.39 is 0 Å². The van der Waals surface area contributed by atoms with Gasteiger partial charge in [0.05, 0.1) is 6.61 Å². The van der Waals surface area contributed by atoms with Crippen LogP contribution in [-0.2, 0) is 6.42 Å². The van der Waals surface area contributed by atoms with Crippen LogP contribution >= 0.6 is 0 Å². The zero-order valence-electron chi connectivity index (χ0n) is 11.9. The predicted octanol–water partition coefficient (Wildman–Crippen LogP) is 3.80. The fourth-order valence-electron chi connectivity index (χ4n) is 1.94. The predicted molar refractivity (Wildman–Crippen MR) is 78.3 cm³/mol. The fraction of sp³-hybridized carbons (Fsp3) is 0.625. The van der Waals surface area contributed by atoms with Gasteiger partial charge in [0.2, 0.25) is 0 Å². The molecule has 0 radical (unpaired) electrons. The second kappa shape index (κ2) is 9.95. The summed E-state index contributed by atoms with van der Waals surface area (Å²) in [6.07, 6.45) is 5.98. The maximum absolute atomic E-state index is 5.73. The molecule has 0 heterocycles. The SMILES string of the molecule is CCCc1ccc(OCCCCCNCC)cc1. The van der Waals surface area contributed by atoms with Crippen molar-refractivity contribution in [3.05, 3.63) is 29.8 Å². The summed E-state index contributed by atoms with van der Waals surface area (Å²) >= 11 is 0. The van der Waals surface area contributed by atoms with Gasteiger partial charge in [-0.05, 0) is 56.5 Å². The number of hydrogen-bond acceptors (Lipinski definition) is 2. The summed E-state index contributed by atoms with van der Waals surface area (Å²) in [5, 5.41) is 3.33. The highest BCUT2D eigenvalue weighted by atomic mass is 16.5. The van der Waals surface area contributed by atoms with Gasteiger partial charge in [0.25, 0.3) is 0 Å². The zero-order valence-corrected chi connectivity index (χ0v) is 11.9. The molecule has 0 aliphatic heterocycles. The summed E-state index contributed by atoms with van der Waals surface area (Å²) in [4.78, 5) is 0. The van der Waals surface area contributed by atoms with Crippen LogP contribution in [0.15, 0.2) is 24.3 Å². The van der Waals surface area contributed by atoms with E-state index in [1.54, 1.807) is 0 Å². The number of unbranched alkanes of at least 4 members (excludes halogenated alkanes) is 2. The van der Waals surface area contributed by atoms with Crippen LogP contribution in [0.3, 0.4) is 0 Å². The van der Waals surface area contributed by atoms with Crippen LogP contribution in [0.4, 0.5) is 0 Å². The molecular weight excluding hydrogens is 222 g/mol. The summed E-state index contributed by atoms with van der Waals surface area (Å²) < 4.78 is 5.73. The van der Waals surface area contributed by atoms with E-state index >= 15 is 0 Å². The van der Waals surface area contributed by atoms with E-state index in [0.29, 0.717) is 0 Å². The minimum atomic E-state index is 0.833. The molecule has 0 aromatic heterocycles. The minimum Gasteiger partial charge on any atom is -0.494 e. The molecular formula is C16H27NO. The normalized spacial score (nSPS) is 10.6. The first-order valence-corrected chi connectivity index (χ1v) is 7.29. The number of benzene rings is 1. The van der Waals surface area contributed by atoms with Crippen LogP contribution in [0.1, 0.15) is 45.1 Å². The number of ether oxygens (including phenoxy) is 1. The maximum Gasteiger partial charge on any atom is 0.119 e. The Kier molecular flexibility index (Phi) is 8.32. The van der Waals surface area contributed by atoms with Crippen LogP contribution in [-0.4, -0.2) is 19.7 Å². The van der Waals surface area contributed by atoms with E-state index in [0.717, 1.165) is 38.3 Å². The molecule has 0 aliphatic carbocycles. The fourth-order valence-corrected chi connectivity index (χ4v) is 1.94. The molecule has 102 valence electrons. The lowest BCUT2D eigenvalue weighted by atomic mass is 10.1.